The highest BCUT2D eigenvalue weighted by molar-refractivity contribution is 5.85. The number of hydrogen-bond donors (Lipinski definition) is 1. The van der Waals surface area contributed by atoms with Gasteiger partial charge in [0.25, 0.3) is 0 Å². The molecular weight excluding hydrogens is 208 g/mol. The Hall–Kier alpha value is -1.36. The normalized spacial score (nSPS) is 18.2. The first kappa shape index (κ1) is 11.1. The Balaban J connectivity index is 2.01. The molecular formula is C11H16N2O3. The second-order valence-electron chi connectivity index (χ2n) is 4.18. The van der Waals surface area contributed by atoms with E-state index in [9.17, 15) is 4.79 Å². The fraction of sp³-hybridized carbons (Fsp3) is 0.636. The lowest BCUT2D eigenvalue weighted by atomic mass is 10.2. The molecule has 0 aromatic carbocycles. The number of rotatable bonds is 3. The zero-order valence-corrected chi connectivity index (χ0v) is 9.19. The fourth-order valence-corrected chi connectivity index (χ4v) is 2.08. The topological polar surface area (TPSA) is 66.6 Å². The van der Waals surface area contributed by atoms with E-state index in [2.05, 4.69) is 10.1 Å². The Bertz CT molecular complexity index is 354. The zero-order valence-electron chi connectivity index (χ0n) is 9.19. The van der Waals surface area contributed by atoms with Crippen molar-refractivity contribution in [2.75, 3.05) is 13.1 Å². The molecule has 1 fully saturated rings. The molecule has 1 aliphatic heterocycles. The van der Waals surface area contributed by atoms with Crippen LogP contribution in [0.25, 0.3) is 0 Å². The number of carbonyl (C=O) groups is 1. The fourth-order valence-electron chi connectivity index (χ4n) is 2.08. The third kappa shape index (κ3) is 2.61. The van der Waals surface area contributed by atoms with E-state index in [0.717, 1.165) is 13.1 Å². The van der Waals surface area contributed by atoms with Gasteiger partial charge < -0.3 is 9.63 Å². The van der Waals surface area contributed by atoms with Crippen molar-refractivity contribution in [1.29, 1.82) is 0 Å². The van der Waals surface area contributed by atoms with Crippen LogP contribution in [0.5, 0.6) is 0 Å². The molecule has 0 aliphatic carbocycles. The lowest BCUT2D eigenvalue weighted by Gasteiger charge is -2.18. The smallest absolute Gasteiger partial charge is 0.375 e. The Kier molecular flexibility index (Phi) is 3.56. The SMILES string of the molecule is O=C(O)c1oncc1CN1CCCCCC1. The van der Waals surface area contributed by atoms with Crippen LogP contribution in [0.2, 0.25) is 0 Å². The molecule has 0 unspecified atom stereocenters. The Morgan fingerprint density at radius 2 is 2.06 bits per heavy atom. The van der Waals surface area contributed by atoms with Crippen LogP contribution in [0.1, 0.15) is 41.8 Å². The number of hydrogen-bond acceptors (Lipinski definition) is 4. The molecule has 16 heavy (non-hydrogen) atoms. The maximum Gasteiger partial charge on any atom is 0.375 e. The van der Waals surface area contributed by atoms with E-state index < -0.39 is 5.97 Å². The van der Waals surface area contributed by atoms with Gasteiger partial charge in [0.05, 0.1) is 6.20 Å². The predicted octanol–water partition coefficient (Wildman–Crippen LogP) is 1.75. The molecule has 2 rings (SSSR count). The van der Waals surface area contributed by atoms with Crippen LogP contribution < -0.4 is 0 Å². The lowest BCUT2D eigenvalue weighted by Crippen LogP contribution is -2.24. The molecule has 0 radical (unpaired) electrons. The maximum absolute atomic E-state index is 10.8. The summed E-state index contributed by atoms with van der Waals surface area (Å²) in [6.45, 7) is 2.69. The summed E-state index contributed by atoms with van der Waals surface area (Å²) in [5.41, 5.74) is 0.675. The average Bonchev–Trinajstić information content (AvgIpc) is 2.55. The summed E-state index contributed by atoms with van der Waals surface area (Å²) < 4.78 is 4.72. The van der Waals surface area contributed by atoms with Gasteiger partial charge >= 0.3 is 5.97 Å². The molecule has 0 bridgehead atoms. The summed E-state index contributed by atoms with van der Waals surface area (Å²) in [7, 11) is 0. The molecule has 0 saturated carbocycles. The first-order valence-electron chi connectivity index (χ1n) is 5.66. The maximum atomic E-state index is 10.8. The van der Waals surface area contributed by atoms with Gasteiger partial charge in [-0.15, -0.1) is 0 Å². The van der Waals surface area contributed by atoms with Crippen LogP contribution in [0.15, 0.2) is 10.7 Å². The molecule has 5 nitrogen and oxygen atoms in total. The van der Waals surface area contributed by atoms with Gasteiger partial charge in [0, 0.05) is 12.1 Å². The minimum atomic E-state index is -1.04. The van der Waals surface area contributed by atoms with Gasteiger partial charge in [0.2, 0.25) is 5.76 Å². The van der Waals surface area contributed by atoms with Crippen LogP contribution in [-0.2, 0) is 6.54 Å². The number of carboxylic acids is 1. The van der Waals surface area contributed by atoms with E-state index in [0.29, 0.717) is 12.1 Å². The lowest BCUT2D eigenvalue weighted by molar-refractivity contribution is 0.0648. The first-order valence-corrected chi connectivity index (χ1v) is 5.66. The van der Waals surface area contributed by atoms with Crippen molar-refractivity contribution < 1.29 is 14.4 Å². The summed E-state index contributed by atoms with van der Waals surface area (Å²) in [5.74, 6) is -1.06. The molecule has 0 atom stereocenters. The molecule has 1 saturated heterocycles. The van der Waals surface area contributed by atoms with E-state index in [1.807, 2.05) is 0 Å². The van der Waals surface area contributed by atoms with Gasteiger partial charge in [-0.2, -0.15) is 0 Å². The largest absolute Gasteiger partial charge is 0.475 e. The molecule has 88 valence electrons. The molecule has 2 heterocycles. The summed E-state index contributed by atoms with van der Waals surface area (Å²) in [6.07, 6.45) is 6.42. The van der Waals surface area contributed by atoms with E-state index in [4.69, 9.17) is 9.63 Å². The molecule has 1 N–H and O–H groups in total. The van der Waals surface area contributed by atoms with Crippen molar-refractivity contribution in [1.82, 2.24) is 10.1 Å². The van der Waals surface area contributed by atoms with Crippen molar-refractivity contribution in [2.45, 2.75) is 32.2 Å². The highest BCUT2D eigenvalue weighted by atomic mass is 16.5. The highest BCUT2D eigenvalue weighted by Gasteiger charge is 2.18. The Morgan fingerprint density at radius 1 is 1.38 bits per heavy atom. The van der Waals surface area contributed by atoms with Crippen LogP contribution in [0.4, 0.5) is 0 Å². The van der Waals surface area contributed by atoms with Crippen molar-refractivity contribution in [2.24, 2.45) is 0 Å². The van der Waals surface area contributed by atoms with Gasteiger partial charge in [0.1, 0.15) is 0 Å². The quantitative estimate of drug-likeness (QED) is 0.847. The third-order valence-electron chi connectivity index (χ3n) is 2.93. The third-order valence-corrected chi connectivity index (χ3v) is 2.93. The predicted molar refractivity (Wildman–Crippen MR) is 57.2 cm³/mol. The first-order chi connectivity index (χ1) is 7.77. The minimum absolute atomic E-state index is 0.0238. The van der Waals surface area contributed by atoms with E-state index in [-0.39, 0.29) is 5.76 Å². The summed E-state index contributed by atoms with van der Waals surface area (Å²) in [5, 5.41) is 12.4. The van der Waals surface area contributed by atoms with Crippen LogP contribution in [0, 0.1) is 0 Å². The molecule has 1 aliphatic rings. The molecule has 1 aromatic rings. The number of nitrogens with zero attached hydrogens (tertiary/aromatic N) is 2. The van der Waals surface area contributed by atoms with Crippen molar-refractivity contribution in [3.63, 3.8) is 0 Å². The number of likely N-dealkylation sites (tertiary alicyclic amines) is 1. The molecule has 1 aromatic heterocycles. The second-order valence-corrected chi connectivity index (χ2v) is 4.18. The van der Waals surface area contributed by atoms with E-state index >= 15 is 0 Å². The van der Waals surface area contributed by atoms with Gasteiger partial charge in [-0.3, -0.25) is 4.90 Å². The van der Waals surface area contributed by atoms with Crippen molar-refractivity contribution in [3.8, 4) is 0 Å². The Labute approximate surface area is 94.0 Å². The van der Waals surface area contributed by atoms with E-state index in [1.54, 1.807) is 0 Å². The second kappa shape index (κ2) is 5.12. The average molecular weight is 224 g/mol. The minimum Gasteiger partial charge on any atom is -0.475 e. The highest BCUT2D eigenvalue weighted by Crippen LogP contribution is 2.15. The van der Waals surface area contributed by atoms with Gasteiger partial charge in [0.15, 0.2) is 0 Å². The number of aromatic nitrogens is 1. The monoisotopic (exact) mass is 224 g/mol. The summed E-state index contributed by atoms with van der Waals surface area (Å²) in [4.78, 5) is 13.1. The van der Waals surface area contributed by atoms with E-state index in [1.165, 1.54) is 31.9 Å². The van der Waals surface area contributed by atoms with Gasteiger partial charge in [-0.25, -0.2) is 4.79 Å². The van der Waals surface area contributed by atoms with Crippen LogP contribution in [-0.4, -0.2) is 34.2 Å². The zero-order chi connectivity index (χ0) is 11.4. The summed E-state index contributed by atoms with van der Waals surface area (Å²) >= 11 is 0. The molecule has 5 heteroatoms. The van der Waals surface area contributed by atoms with Crippen molar-refractivity contribution >= 4 is 5.97 Å². The number of aromatic carboxylic acids is 1. The molecule has 0 spiro atoms. The van der Waals surface area contributed by atoms with Crippen molar-refractivity contribution in [3.05, 3.63) is 17.5 Å². The summed E-state index contributed by atoms with van der Waals surface area (Å²) in [6, 6.07) is 0. The van der Waals surface area contributed by atoms with Gasteiger partial charge in [-0.05, 0) is 25.9 Å². The standard InChI is InChI=1S/C11H16N2O3/c14-11(15)10-9(7-12-16-10)8-13-5-3-1-2-4-6-13/h7H,1-6,8H2,(H,14,15). The van der Waals surface area contributed by atoms with Gasteiger partial charge in [-0.1, -0.05) is 18.0 Å². The Morgan fingerprint density at radius 3 is 2.69 bits per heavy atom. The number of carboxylic acid groups (broad SMARTS) is 1. The molecule has 0 amide bonds. The van der Waals surface area contributed by atoms with Crippen LogP contribution in [0.3, 0.4) is 0 Å². The van der Waals surface area contributed by atoms with Crippen LogP contribution >= 0.6 is 0 Å².